The fourth-order valence-corrected chi connectivity index (χ4v) is 2.08. The van der Waals surface area contributed by atoms with Crippen molar-refractivity contribution in [1.82, 2.24) is 10.6 Å². The zero-order valence-electron chi connectivity index (χ0n) is 11.8. The van der Waals surface area contributed by atoms with E-state index in [4.69, 9.17) is 0 Å². The fraction of sp³-hybridized carbons (Fsp3) is 0.769. The first-order valence-electron chi connectivity index (χ1n) is 6.51. The summed E-state index contributed by atoms with van der Waals surface area (Å²) in [4.78, 5) is 34.6. The number of amides is 2. The average Bonchev–Trinajstić information content (AvgIpc) is 3.08. The first-order valence-corrected chi connectivity index (χ1v) is 6.51. The van der Waals surface area contributed by atoms with Crippen molar-refractivity contribution in [2.24, 2.45) is 11.8 Å². The van der Waals surface area contributed by atoms with Crippen molar-refractivity contribution in [1.29, 1.82) is 0 Å². The Hall–Kier alpha value is -1.59. The summed E-state index contributed by atoms with van der Waals surface area (Å²) in [5, 5.41) is 14.4. The number of rotatable bonds is 6. The second kappa shape index (κ2) is 5.59. The van der Waals surface area contributed by atoms with Gasteiger partial charge >= 0.3 is 5.97 Å². The van der Waals surface area contributed by atoms with Gasteiger partial charge in [-0.15, -0.1) is 0 Å². The number of carboxylic acids is 1. The zero-order valence-corrected chi connectivity index (χ0v) is 11.8. The highest BCUT2D eigenvalue weighted by Crippen LogP contribution is 2.39. The molecule has 0 aromatic rings. The Morgan fingerprint density at radius 2 is 1.79 bits per heavy atom. The van der Waals surface area contributed by atoms with Gasteiger partial charge in [0.15, 0.2) is 0 Å². The molecule has 1 rings (SSSR count). The molecule has 0 aliphatic heterocycles. The predicted octanol–water partition coefficient (Wildman–Crippen LogP) is 0.517. The van der Waals surface area contributed by atoms with Crippen LogP contribution < -0.4 is 10.6 Å². The van der Waals surface area contributed by atoms with Crippen LogP contribution in [0.15, 0.2) is 0 Å². The molecular formula is C13H22N2O4. The summed E-state index contributed by atoms with van der Waals surface area (Å²) in [5.41, 5.74) is -1.25. The molecule has 6 heteroatoms. The molecule has 3 N–H and O–H groups in total. The Balaban J connectivity index is 2.79. The van der Waals surface area contributed by atoms with Gasteiger partial charge < -0.3 is 15.7 Å². The molecule has 19 heavy (non-hydrogen) atoms. The van der Waals surface area contributed by atoms with Crippen LogP contribution in [0.1, 0.15) is 40.5 Å². The van der Waals surface area contributed by atoms with Crippen molar-refractivity contribution in [3.63, 3.8) is 0 Å². The second-order valence-corrected chi connectivity index (χ2v) is 5.69. The molecule has 1 aliphatic rings. The minimum absolute atomic E-state index is 0.0286. The van der Waals surface area contributed by atoms with Crippen LogP contribution in [0, 0.1) is 11.8 Å². The van der Waals surface area contributed by atoms with Crippen LogP contribution in [0.25, 0.3) is 0 Å². The monoisotopic (exact) mass is 270 g/mol. The van der Waals surface area contributed by atoms with E-state index in [0.717, 1.165) is 12.8 Å². The van der Waals surface area contributed by atoms with E-state index >= 15 is 0 Å². The van der Waals surface area contributed by atoms with Crippen LogP contribution in [-0.4, -0.2) is 34.5 Å². The maximum atomic E-state index is 12.2. The molecule has 0 aromatic heterocycles. The van der Waals surface area contributed by atoms with Crippen molar-refractivity contribution in [3.05, 3.63) is 0 Å². The summed E-state index contributed by atoms with van der Waals surface area (Å²) in [7, 11) is 0. The number of nitrogens with one attached hydrogen (secondary N) is 2. The molecule has 2 unspecified atom stereocenters. The Labute approximate surface area is 112 Å². The summed E-state index contributed by atoms with van der Waals surface area (Å²) in [6, 6.07) is -0.713. The van der Waals surface area contributed by atoms with Gasteiger partial charge in [0.2, 0.25) is 11.8 Å². The highest BCUT2D eigenvalue weighted by Gasteiger charge is 2.49. The lowest BCUT2D eigenvalue weighted by molar-refractivity contribution is -0.148. The Morgan fingerprint density at radius 3 is 2.11 bits per heavy atom. The maximum absolute atomic E-state index is 12.2. The number of hydrogen-bond donors (Lipinski definition) is 3. The largest absolute Gasteiger partial charge is 0.480 e. The highest BCUT2D eigenvalue weighted by molar-refractivity contribution is 5.92. The normalized spacial score (nSPS) is 19.4. The lowest BCUT2D eigenvalue weighted by Crippen LogP contribution is -2.60. The minimum atomic E-state index is -1.25. The molecule has 1 saturated carbocycles. The summed E-state index contributed by atoms with van der Waals surface area (Å²) in [5.74, 6) is -1.92. The van der Waals surface area contributed by atoms with Gasteiger partial charge in [0.25, 0.3) is 0 Å². The van der Waals surface area contributed by atoms with Gasteiger partial charge in [-0.25, -0.2) is 4.79 Å². The van der Waals surface area contributed by atoms with E-state index in [-0.39, 0.29) is 17.7 Å². The van der Waals surface area contributed by atoms with Gasteiger partial charge in [-0.05, 0) is 31.6 Å². The number of carboxylic acid groups (broad SMARTS) is 1. The van der Waals surface area contributed by atoms with Crippen molar-refractivity contribution < 1.29 is 19.5 Å². The molecule has 6 nitrogen and oxygen atoms in total. The quantitative estimate of drug-likeness (QED) is 0.655. The summed E-state index contributed by atoms with van der Waals surface area (Å²) >= 11 is 0. The fourth-order valence-electron chi connectivity index (χ4n) is 2.08. The molecule has 2 atom stereocenters. The van der Waals surface area contributed by atoms with Crippen molar-refractivity contribution in [2.45, 2.75) is 52.1 Å². The van der Waals surface area contributed by atoms with E-state index in [0.29, 0.717) is 0 Å². The lowest BCUT2D eigenvalue weighted by Gasteiger charge is -2.30. The summed E-state index contributed by atoms with van der Waals surface area (Å²) < 4.78 is 0. The molecule has 0 saturated heterocycles. The first-order chi connectivity index (χ1) is 8.68. The second-order valence-electron chi connectivity index (χ2n) is 5.69. The van der Waals surface area contributed by atoms with Crippen molar-refractivity contribution in [3.8, 4) is 0 Å². The van der Waals surface area contributed by atoms with Crippen molar-refractivity contribution in [2.75, 3.05) is 0 Å². The number of carbonyl (C=O) groups is 3. The van der Waals surface area contributed by atoms with Crippen LogP contribution in [0.3, 0.4) is 0 Å². The number of aliphatic carboxylic acids is 1. The van der Waals surface area contributed by atoms with Gasteiger partial charge in [0.05, 0.1) is 0 Å². The van der Waals surface area contributed by atoms with E-state index in [1.54, 1.807) is 13.8 Å². The van der Waals surface area contributed by atoms with Crippen LogP contribution in [0.4, 0.5) is 0 Å². The molecular weight excluding hydrogens is 248 g/mol. The molecule has 2 amide bonds. The molecule has 0 heterocycles. The zero-order chi connectivity index (χ0) is 14.8. The Morgan fingerprint density at radius 1 is 1.26 bits per heavy atom. The van der Waals surface area contributed by atoms with Gasteiger partial charge in [-0.3, -0.25) is 9.59 Å². The molecule has 1 fully saturated rings. The smallest absolute Gasteiger partial charge is 0.329 e. The van der Waals surface area contributed by atoms with E-state index in [2.05, 4.69) is 10.6 Å². The van der Waals surface area contributed by atoms with Crippen LogP contribution in [0.5, 0.6) is 0 Å². The van der Waals surface area contributed by atoms with E-state index in [1.165, 1.54) is 13.8 Å². The maximum Gasteiger partial charge on any atom is 0.329 e. The third-order valence-corrected chi connectivity index (χ3v) is 3.53. The van der Waals surface area contributed by atoms with Gasteiger partial charge in [0.1, 0.15) is 11.6 Å². The van der Waals surface area contributed by atoms with Crippen LogP contribution in [0.2, 0.25) is 0 Å². The predicted molar refractivity (Wildman–Crippen MR) is 69.4 cm³/mol. The Kier molecular flexibility index (Phi) is 4.55. The van der Waals surface area contributed by atoms with Gasteiger partial charge in [-0.1, -0.05) is 13.8 Å². The molecule has 0 bridgehead atoms. The van der Waals surface area contributed by atoms with Gasteiger partial charge in [-0.2, -0.15) is 0 Å². The average molecular weight is 270 g/mol. The van der Waals surface area contributed by atoms with Crippen LogP contribution >= 0.6 is 0 Å². The molecule has 0 radical (unpaired) electrons. The third-order valence-electron chi connectivity index (χ3n) is 3.53. The van der Waals surface area contributed by atoms with Crippen molar-refractivity contribution >= 4 is 17.8 Å². The third kappa shape index (κ3) is 3.68. The van der Waals surface area contributed by atoms with E-state index in [9.17, 15) is 19.5 Å². The minimum Gasteiger partial charge on any atom is -0.480 e. The van der Waals surface area contributed by atoms with E-state index < -0.39 is 23.5 Å². The topological polar surface area (TPSA) is 95.5 Å². The highest BCUT2D eigenvalue weighted by atomic mass is 16.4. The standard InChI is InChI=1S/C13H22N2O4/c1-7(2)10(14-8(3)16)11(17)15-13(4,12(18)19)9-5-6-9/h7,9-10H,5-6H2,1-4H3,(H,14,16)(H,15,17)(H,18,19). The Bertz CT molecular complexity index is 390. The lowest BCUT2D eigenvalue weighted by atomic mass is 9.94. The van der Waals surface area contributed by atoms with Crippen LogP contribution in [-0.2, 0) is 14.4 Å². The number of hydrogen-bond acceptors (Lipinski definition) is 3. The molecule has 0 spiro atoms. The SMILES string of the molecule is CC(=O)NC(C(=O)NC(C)(C(=O)O)C1CC1)C(C)C. The molecule has 0 aromatic carbocycles. The summed E-state index contributed by atoms with van der Waals surface area (Å²) in [6.07, 6.45) is 1.60. The molecule has 108 valence electrons. The molecule has 1 aliphatic carbocycles. The first kappa shape index (κ1) is 15.5. The summed E-state index contributed by atoms with van der Waals surface area (Å²) in [6.45, 7) is 6.46. The number of carbonyl (C=O) groups excluding carboxylic acids is 2. The van der Waals surface area contributed by atoms with E-state index in [1.807, 2.05) is 0 Å². The van der Waals surface area contributed by atoms with Gasteiger partial charge in [0, 0.05) is 6.92 Å².